The molecule has 6 heteroatoms. The highest BCUT2D eigenvalue weighted by atomic mass is 16.5. The summed E-state index contributed by atoms with van der Waals surface area (Å²) in [6.07, 6.45) is 5.13. The lowest BCUT2D eigenvalue weighted by molar-refractivity contribution is 0.187. The molecule has 3 amide bonds. The Hall–Kier alpha value is -2.24. The Bertz CT molecular complexity index is 499. The molecule has 0 aromatic heterocycles. The molecule has 1 aliphatic rings. The van der Waals surface area contributed by atoms with Crippen molar-refractivity contribution in [3.63, 3.8) is 0 Å². The van der Waals surface area contributed by atoms with Crippen LogP contribution in [0.1, 0.15) is 32.1 Å². The quantitative estimate of drug-likeness (QED) is 0.799. The molecule has 114 valence electrons. The van der Waals surface area contributed by atoms with Crippen molar-refractivity contribution in [2.75, 3.05) is 17.7 Å². The van der Waals surface area contributed by atoms with Gasteiger partial charge in [-0.2, -0.15) is 0 Å². The fourth-order valence-electron chi connectivity index (χ4n) is 2.44. The van der Waals surface area contributed by atoms with Crippen molar-refractivity contribution in [2.24, 2.45) is 0 Å². The van der Waals surface area contributed by atoms with E-state index in [1.807, 2.05) is 0 Å². The highest BCUT2D eigenvalue weighted by Gasteiger charge is 2.15. The molecule has 1 aromatic carbocycles. The molecular weight excluding hydrogens is 270 g/mol. The number of nitrogens with one attached hydrogen (secondary N) is 3. The summed E-state index contributed by atoms with van der Waals surface area (Å²) in [6.45, 7) is 0. The zero-order valence-corrected chi connectivity index (χ0v) is 12.1. The van der Waals surface area contributed by atoms with Gasteiger partial charge in [-0.3, -0.25) is 5.32 Å². The molecule has 1 saturated carbocycles. The van der Waals surface area contributed by atoms with Gasteiger partial charge in [0.25, 0.3) is 0 Å². The number of amides is 3. The summed E-state index contributed by atoms with van der Waals surface area (Å²) in [5.41, 5.74) is 1.19. The van der Waals surface area contributed by atoms with Gasteiger partial charge in [0.1, 0.15) is 0 Å². The number of urea groups is 1. The Morgan fingerprint density at radius 1 is 1.10 bits per heavy atom. The summed E-state index contributed by atoms with van der Waals surface area (Å²) >= 11 is 0. The van der Waals surface area contributed by atoms with Crippen LogP contribution in [0, 0.1) is 0 Å². The highest BCUT2D eigenvalue weighted by Crippen LogP contribution is 2.18. The summed E-state index contributed by atoms with van der Waals surface area (Å²) in [5, 5.41) is 8.31. The second-order valence-corrected chi connectivity index (χ2v) is 5.13. The van der Waals surface area contributed by atoms with Gasteiger partial charge in [-0.15, -0.1) is 0 Å². The fraction of sp³-hybridized carbons (Fsp3) is 0.467. The molecule has 0 aliphatic heterocycles. The van der Waals surface area contributed by atoms with Crippen molar-refractivity contribution in [1.82, 2.24) is 5.32 Å². The fourth-order valence-corrected chi connectivity index (χ4v) is 2.44. The third-order valence-electron chi connectivity index (χ3n) is 3.49. The van der Waals surface area contributed by atoms with E-state index in [9.17, 15) is 9.59 Å². The van der Waals surface area contributed by atoms with Gasteiger partial charge in [-0.25, -0.2) is 9.59 Å². The number of benzene rings is 1. The number of carbonyl (C=O) groups excluding carboxylic acids is 2. The Morgan fingerprint density at radius 2 is 1.76 bits per heavy atom. The van der Waals surface area contributed by atoms with Crippen molar-refractivity contribution in [2.45, 2.75) is 38.1 Å². The zero-order valence-electron chi connectivity index (χ0n) is 12.1. The van der Waals surface area contributed by atoms with Gasteiger partial charge in [0.2, 0.25) is 0 Å². The van der Waals surface area contributed by atoms with Crippen LogP contribution in [0.5, 0.6) is 0 Å². The Kier molecular flexibility index (Phi) is 5.43. The van der Waals surface area contributed by atoms with Gasteiger partial charge in [0, 0.05) is 17.4 Å². The summed E-state index contributed by atoms with van der Waals surface area (Å²) < 4.78 is 4.53. The maximum Gasteiger partial charge on any atom is 0.411 e. The molecule has 0 unspecified atom stereocenters. The standard InChI is InChI=1S/C15H21N3O3/c1-21-15(20)18-13-9-5-8-12(10-13)17-14(19)16-11-6-3-2-4-7-11/h5,8-11H,2-4,6-7H2,1H3,(H,18,20)(H2,16,17,19). The van der Waals surface area contributed by atoms with Crippen LogP contribution in [0.15, 0.2) is 24.3 Å². The number of hydrogen-bond acceptors (Lipinski definition) is 3. The second-order valence-electron chi connectivity index (χ2n) is 5.13. The first-order valence-electron chi connectivity index (χ1n) is 7.20. The Balaban J connectivity index is 1.87. The normalized spacial score (nSPS) is 15.1. The predicted molar refractivity (Wildman–Crippen MR) is 81.5 cm³/mol. The SMILES string of the molecule is COC(=O)Nc1cccc(NC(=O)NC2CCCCC2)c1. The van der Waals surface area contributed by atoms with E-state index < -0.39 is 6.09 Å². The maximum atomic E-state index is 11.9. The Morgan fingerprint density at radius 3 is 2.43 bits per heavy atom. The van der Waals surface area contributed by atoms with Crippen LogP contribution in [0.2, 0.25) is 0 Å². The molecule has 1 fully saturated rings. The van der Waals surface area contributed by atoms with Crippen molar-refractivity contribution in [3.05, 3.63) is 24.3 Å². The minimum atomic E-state index is -0.543. The van der Waals surface area contributed by atoms with Gasteiger partial charge in [-0.05, 0) is 31.0 Å². The first kappa shape index (κ1) is 15.2. The zero-order chi connectivity index (χ0) is 15.1. The van der Waals surface area contributed by atoms with Crippen molar-refractivity contribution >= 4 is 23.5 Å². The first-order valence-corrected chi connectivity index (χ1v) is 7.20. The van der Waals surface area contributed by atoms with Crippen molar-refractivity contribution in [1.29, 1.82) is 0 Å². The number of methoxy groups -OCH3 is 1. The molecule has 0 saturated heterocycles. The average molecular weight is 291 g/mol. The van der Waals surface area contributed by atoms with Crippen LogP contribution < -0.4 is 16.0 Å². The molecule has 0 spiro atoms. The van der Waals surface area contributed by atoms with Crippen LogP contribution in [-0.4, -0.2) is 25.3 Å². The van der Waals surface area contributed by atoms with E-state index in [0.717, 1.165) is 12.8 Å². The number of hydrogen-bond donors (Lipinski definition) is 3. The molecule has 1 aliphatic carbocycles. The topological polar surface area (TPSA) is 79.5 Å². The highest BCUT2D eigenvalue weighted by molar-refractivity contribution is 5.91. The van der Waals surface area contributed by atoms with E-state index in [2.05, 4.69) is 20.7 Å². The van der Waals surface area contributed by atoms with Crippen LogP contribution in [0.25, 0.3) is 0 Å². The van der Waals surface area contributed by atoms with Gasteiger partial charge < -0.3 is 15.4 Å². The summed E-state index contributed by atoms with van der Waals surface area (Å²) in [6, 6.07) is 6.97. The maximum absolute atomic E-state index is 11.9. The Labute approximate surface area is 124 Å². The summed E-state index contributed by atoms with van der Waals surface area (Å²) in [4.78, 5) is 23.1. The lowest BCUT2D eigenvalue weighted by Crippen LogP contribution is -2.39. The molecule has 6 nitrogen and oxygen atoms in total. The van der Waals surface area contributed by atoms with Crippen LogP contribution >= 0.6 is 0 Å². The molecule has 0 atom stereocenters. The summed E-state index contributed by atoms with van der Waals surface area (Å²) in [7, 11) is 1.30. The van der Waals surface area contributed by atoms with E-state index in [1.165, 1.54) is 26.4 Å². The van der Waals surface area contributed by atoms with Crippen molar-refractivity contribution in [3.8, 4) is 0 Å². The third kappa shape index (κ3) is 4.98. The van der Waals surface area contributed by atoms with Crippen LogP contribution in [-0.2, 0) is 4.74 Å². The van der Waals surface area contributed by atoms with E-state index in [0.29, 0.717) is 11.4 Å². The van der Waals surface area contributed by atoms with Crippen molar-refractivity contribution < 1.29 is 14.3 Å². The molecule has 0 heterocycles. The molecule has 2 rings (SSSR count). The molecule has 0 bridgehead atoms. The van der Waals surface area contributed by atoms with E-state index in [4.69, 9.17) is 0 Å². The largest absolute Gasteiger partial charge is 0.453 e. The molecular formula is C15H21N3O3. The summed E-state index contributed by atoms with van der Waals surface area (Å²) in [5.74, 6) is 0. The van der Waals surface area contributed by atoms with Gasteiger partial charge >= 0.3 is 12.1 Å². The lowest BCUT2D eigenvalue weighted by atomic mass is 9.96. The second kappa shape index (κ2) is 7.52. The third-order valence-corrected chi connectivity index (χ3v) is 3.49. The molecule has 1 aromatic rings. The molecule has 3 N–H and O–H groups in total. The van der Waals surface area contributed by atoms with Gasteiger partial charge in [0.15, 0.2) is 0 Å². The smallest absolute Gasteiger partial charge is 0.411 e. The number of ether oxygens (including phenoxy) is 1. The minimum absolute atomic E-state index is 0.211. The molecule has 0 radical (unpaired) electrons. The lowest BCUT2D eigenvalue weighted by Gasteiger charge is -2.22. The molecule has 21 heavy (non-hydrogen) atoms. The minimum Gasteiger partial charge on any atom is -0.453 e. The predicted octanol–water partition coefficient (Wildman–Crippen LogP) is 3.32. The van der Waals surface area contributed by atoms with Gasteiger partial charge in [-0.1, -0.05) is 25.3 Å². The monoisotopic (exact) mass is 291 g/mol. The first-order chi connectivity index (χ1) is 10.2. The number of rotatable bonds is 3. The van der Waals surface area contributed by atoms with Crippen LogP contribution in [0.3, 0.4) is 0 Å². The van der Waals surface area contributed by atoms with Gasteiger partial charge in [0.05, 0.1) is 7.11 Å². The van der Waals surface area contributed by atoms with E-state index >= 15 is 0 Å². The number of carbonyl (C=O) groups is 2. The van der Waals surface area contributed by atoms with Crippen LogP contribution in [0.4, 0.5) is 21.0 Å². The number of anilines is 2. The van der Waals surface area contributed by atoms with E-state index in [1.54, 1.807) is 24.3 Å². The van der Waals surface area contributed by atoms with E-state index in [-0.39, 0.29) is 12.1 Å². The average Bonchev–Trinajstić information content (AvgIpc) is 2.48.